The maximum absolute atomic E-state index is 8.63. The van der Waals surface area contributed by atoms with Crippen LogP contribution in [0.25, 0.3) is 0 Å². The predicted molar refractivity (Wildman–Crippen MR) is 80.1 cm³/mol. The molecule has 0 aromatic heterocycles. The summed E-state index contributed by atoms with van der Waals surface area (Å²) in [7, 11) is 2.09. The van der Waals surface area contributed by atoms with Crippen LogP contribution in [-0.2, 0) is 17.7 Å². The number of aliphatic hydroxyl groups excluding tert-OH is 1. The zero-order valence-electron chi connectivity index (χ0n) is 11.4. The van der Waals surface area contributed by atoms with Crippen molar-refractivity contribution < 1.29 is 9.84 Å². The summed E-state index contributed by atoms with van der Waals surface area (Å²) in [6.07, 6.45) is 1.13. The largest absolute Gasteiger partial charge is 0.394 e. The first-order valence-corrected chi connectivity index (χ1v) is 6.53. The molecular weight excluding hydrogens is 264 g/mol. The van der Waals surface area contributed by atoms with E-state index in [0.29, 0.717) is 13.2 Å². The summed E-state index contributed by atoms with van der Waals surface area (Å²) in [6.45, 7) is 4.05. The molecule has 1 aliphatic heterocycles. The number of anilines is 1. The molecule has 1 aromatic rings. The molecule has 0 atom stereocenters. The number of fused-ring (bicyclic) bond motifs is 1. The molecule has 0 unspecified atom stereocenters. The molecule has 0 saturated heterocycles. The van der Waals surface area contributed by atoms with Gasteiger partial charge in [-0.1, -0.05) is 18.2 Å². The molecule has 0 radical (unpaired) electrons. The molecule has 0 fully saturated rings. The Bertz CT molecular complexity index is 388. The van der Waals surface area contributed by atoms with Crippen LogP contribution in [0.2, 0.25) is 0 Å². The first-order valence-electron chi connectivity index (χ1n) is 6.53. The molecule has 1 heterocycles. The maximum atomic E-state index is 8.63. The monoisotopic (exact) mass is 286 g/mol. The highest BCUT2D eigenvalue weighted by Crippen LogP contribution is 2.26. The predicted octanol–water partition coefficient (Wildman–Crippen LogP) is 1.52. The molecule has 1 aromatic carbocycles. The van der Waals surface area contributed by atoms with Crippen LogP contribution < -0.4 is 5.32 Å². The lowest BCUT2D eigenvalue weighted by atomic mass is 10.1. The van der Waals surface area contributed by atoms with Gasteiger partial charge in [0.05, 0.1) is 19.8 Å². The SMILES string of the molecule is CN(CCOCCO)Cc1cccc2c1NCC2.Cl. The van der Waals surface area contributed by atoms with E-state index in [9.17, 15) is 0 Å². The van der Waals surface area contributed by atoms with Crippen LogP contribution in [0, 0.1) is 0 Å². The van der Waals surface area contributed by atoms with E-state index in [-0.39, 0.29) is 19.0 Å². The smallest absolute Gasteiger partial charge is 0.0698 e. The van der Waals surface area contributed by atoms with Gasteiger partial charge >= 0.3 is 0 Å². The fourth-order valence-electron chi connectivity index (χ4n) is 2.30. The summed E-state index contributed by atoms with van der Waals surface area (Å²) in [5.41, 5.74) is 4.10. The third kappa shape index (κ3) is 4.66. The van der Waals surface area contributed by atoms with Gasteiger partial charge in [-0.25, -0.2) is 0 Å². The average Bonchev–Trinajstić information content (AvgIpc) is 2.84. The highest BCUT2D eigenvalue weighted by Gasteiger charge is 2.14. The minimum atomic E-state index is 0. The zero-order valence-corrected chi connectivity index (χ0v) is 12.2. The van der Waals surface area contributed by atoms with Crippen molar-refractivity contribution in [3.8, 4) is 0 Å². The molecule has 0 aliphatic carbocycles. The minimum Gasteiger partial charge on any atom is -0.394 e. The third-order valence-electron chi connectivity index (χ3n) is 3.23. The maximum Gasteiger partial charge on any atom is 0.0698 e. The molecule has 2 rings (SSSR count). The van der Waals surface area contributed by atoms with E-state index in [2.05, 4.69) is 35.5 Å². The van der Waals surface area contributed by atoms with E-state index in [4.69, 9.17) is 9.84 Å². The Labute approximate surface area is 121 Å². The second-order valence-corrected chi connectivity index (χ2v) is 4.70. The van der Waals surface area contributed by atoms with Crippen molar-refractivity contribution in [2.45, 2.75) is 13.0 Å². The molecule has 0 amide bonds. The van der Waals surface area contributed by atoms with Gasteiger partial charge in [-0.15, -0.1) is 12.4 Å². The van der Waals surface area contributed by atoms with Gasteiger partial charge in [-0.3, -0.25) is 4.90 Å². The Hall–Kier alpha value is -0.810. The van der Waals surface area contributed by atoms with Crippen LogP contribution in [0.15, 0.2) is 18.2 Å². The summed E-state index contributed by atoms with van der Waals surface area (Å²) >= 11 is 0. The normalized spacial score (nSPS) is 13.0. The third-order valence-corrected chi connectivity index (χ3v) is 3.23. The van der Waals surface area contributed by atoms with E-state index in [1.165, 1.54) is 16.8 Å². The Morgan fingerprint density at radius 3 is 3.00 bits per heavy atom. The zero-order chi connectivity index (χ0) is 12.8. The van der Waals surface area contributed by atoms with Crippen molar-refractivity contribution in [2.75, 3.05) is 45.3 Å². The molecule has 108 valence electrons. The van der Waals surface area contributed by atoms with Crippen LogP contribution in [0.1, 0.15) is 11.1 Å². The van der Waals surface area contributed by atoms with E-state index in [1.807, 2.05) is 0 Å². The number of benzene rings is 1. The second kappa shape index (κ2) is 8.38. The van der Waals surface area contributed by atoms with Gasteiger partial charge in [0, 0.05) is 25.3 Å². The second-order valence-electron chi connectivity index (χ2n) is 4.70. The van der Waals surface area contributed by atoms with Crippen molar-refractivity contribution in [1.29, 1.82) is 0 Å². The van der Waals surface area contributed by atoms with Crippen molar-refractivity contribution >= 4 is 18.1 Å². The summed E-state index contributed by atoms with van der Waals surface area (Å²) in [4.78, 5) is 2.24. The number of hydrogen-bond acceptors (Lipinski definition) is 4. The first kappa shape index (κ1) is 16.2. The lowest BCUT2D eigenvalue weighted by Gasteiger charge is -2.18. The van der Waals surface area contributed by atoms with Gasteiger partial charge in [0.25, 0.3) is 0 Å². The number of nitrogens with zero attached hydrogens (tertiary/aromatic N) is 1. The number of nitrogens with one attached hydrogen (secondary N) is 1. The van der Waals surface area contributed by atoms with Crippen LogP contribution >= 0.6 is 12.4 Å². The highest BCUT2D eigenvalue weighted by molar-refractivity contribution is 5.85. The molecule has 0 bridgehead atoms. The van der Waals surface area contributed by atoms with Gasteiger partial charge in [-0.05, 0) is 24.6 Å². The van der Waals surface area contributed by atoms with Crippen molar-refractivity contribution in [2.24, 2.45) is 0 Å². The number of rotatable bonds is 7. The number of hydrogen-bond donors (Lipinski definition) is 2. The Morgan fingerprint density at radius 2 is 2.21 bits per heavy atom. The molecule has 2 N–H and O–H groups in total. The molecule has 19 heavy (non-hydrogen) atoms. The lowest BCUT2D eigenvalue weighted by Crippen LogP contribution is -2.23. The summed E-state index contributed by atoms with van der Waals surface area (Å²) in [6, 6.07) is 6.52. The van der Waals surface area contributed by atoms with Crippen LogP contribution in [0.3, 0.4) is 0 Å². The molecular formula is C14H23ClN2O2. The highest BCUT2D eigenvalue weighted by atomic mass is 35.5. The quantitative estimate of drug-likeness (QED) is 0.746. The first-order chi connectivity index (χ1) is 8.81. The molecule has 5 heteroatoms. The lowest BCUT2D eigenvalue weighted by molar-refractivity contribution is 0.0773. The standard InChI is InChI=1S/C14H22N2O2.ClH/c1-16(7-9-18-10-8-17)11-13-4-2-3-12-5-6-15-14(12)13;/h2-4,15,17H,5-11H2,1H3;1H. The van der Waals surface area contributed by atoms with E-state index < -0.39 is 0 Å². The van der Waals surface area contributed by atoms with Gasteiger partial charge in [-0.2, -0.15) is 0 Å². The summed E-state index contributed by atoms with van der Waals surface area (Å²) < 4.78 is 5.28. The topological polar surface area (TPSA) is 44.7 Å². The average molecular weight is 287 g/mol. The minimum absolute atomic E-state index is 0. The fourth-order valence-corrected chi connectivity index (χ4v) is 2.30. The van der Waals surface area contributed by atoms with Crippen molar-refractivity contribution in [3.63, 3.8) is 0 Å². The molecule has 1 aliphatic rings. The van der Waals surface area contributed by atoms with Crippen LogP contribution in [0.4, 0.5) is 5.69 Å². The van der Waals surface area contributed by atoms with E-state index >= 15 is 0 Å². The number of ether oxygens (including phenoxy) is 1. The van der Waals surface area contributed by atoms with E-state index in [0.717, 1.165) is 26.1 Å². The number of likely N-dealkylation sites (N-methyl/N-ethyl adjacent to an activating group) is 1. The van der Waals surface area contributed by atoms with Gasteiger partial charge < -0.3 is 15.2 Å². The van der Waals surface area contributed by atoms with Crippen molar-refractivity contribution in [3.05, 3.63) is 29.3 Å². The Kier molecular flexibility index (Phi) is 7.16. The molecule has 0 spiro atoms. The van der Waals surface area contributed by atoms with Gasteiger partial charge in [0.1, 0.15) is 0 Å². The number of halogens is 1. The number of aliphatic hydroxyl groups is 1. The summed E-state index contributed by atoms with van der Waals surface area (Å²) in [5.74, 6) is 0. The van der Waals surface area contributed by atoms with Crippen LogP contribution in [-0.4, -0.2) is 50.0 Å². The van der Waals surface area contributed by atoms with Crippen molar-refractivity contribution in [1.82, 2.24) is 4.90 Å². The summed E-state index contributed by atoms with van der Waals surface area (Å²) in [5, 5.41) is 12.1. The van der Waals surface area contributed by atoms with Gasteiger partial charge in [0.15, 0.2) is 0 Å². The number of para-hydroxylation sites is 1. The fraction of sp³-hybridized carbons (Fsp3) is 0.571. The molecule has 0 saturated carbocycles. The van der Waals surface area contributed by atoms with Crippen LogP contribution in [0.5, 0.6) is 0 Å². The van der Waals surface area contributed by atoms with Gasteiger partial charge in [0.2, 0.25) is 0 Å². The molecule has 4 nitrogen and oxygen atoms in total. The Morgan fingerprint density at radius 1 is 1.37 bits per heavy atom. The Balaban J connectivity index is 0.00000180. The van der Waals surface area contributed by atoms with E-state index in [1.54, 1.807) is 0 Å².